The van der Waals surface area contributed by atoms with Crippen LogP contribution in [0.2, 0.25) is 0 Å². The van der Waals surface area contributed by atoms with Gasteiger partial charge < -0.3 is 14.8 Å². The van der Waals surface area contributed by atoms with Crippen LogP contribution in [0.3, 0.4) is 0 Å². The molecular weight excluding hydrogens is 230 g/mol. The van der Waals surface area contributed by atoms with E-state index in [-0.39, 0.29) is 5.97 Å². The Morgan fingerprint density at radius 2 is 2.22 bits per heavy atom. The molecule has 1 aliphatic rings. The second-order valence-electron chi connectivity index (χ2n) is 4.55. The first-order chi connectivity index (χ1) is 8.79. The predicted molar refractivity (Wildman–Crippen MR) is 68.4 cm³/mol. The lowest BCUT2D eigenvalue weighted by Gasteiger charge is -2.09. The van der Waals surface area contributed by atoms with Crippen molar-refractivity contribution in [3.63, 3.8) is 0 Å². The van der Waals surface area contributed by atoms with E-state index in [0.29, 0.717) is 11.5 Å². The highest BCUT2D eigenvalue weighted by Crippen LogP contribution is 2.11. The van der Waals surface area contributed by atoms with E-state index in [1.54, 1.807) is 12.1 Å². The number of hydrogen-bond donors (Lipinski definition) is 1. The van der Waals surface area contributed by atoms with Gasteiger partial charge in [0.05, 0.1) is 19.3 Å². The molecule has 18 heavy (non-hydrogen) atoms. The number of methoxy groups -OCH3 is 1. The molecule has 1 unspecified atom stereocenters. The van der Waals surface area contributed by atoms with E-state index in [1.165, 1.54) is 12.7 Å². The minimum atomic E-state index is -0.294. The molecule has 0 bridgehead atoms. The second-order valence-corrected chi connectivity index (χ2v) is 4.55. The van der Waals surface area contributed by atoms with Crippen LogP contribution in [0.25, 0.3) is 0 Å². The molecule has 4 heteroatoms. The normalized spacial score (nSPS) is 18.8. The van der Waals surface area contributed by atoms with Crippen molar-refractivity contribution in [1.82, 2.24) is 5.32 Å². The van der Waals surface area contributed by atoms with Crippen LogP contribution in [-0.2, 0) is 16.0 Å². The molecular formula is C14H19NO3. The molecule has 1 aromatic carbocycles. The molecule has 0 aromatic heterocycles. The Balaban J connectivity index is 1.77. The molecule has 1 fully saturated rings. The van der Waals surface area contributed by atoms with E-state index in [2.05, 4.69) is 10.1 Å². The van der Waals surface area contributed by atoms with Gasteiger partial charge in [-0.05, 0) is 30.0 Å². The summed E-state index contributed by atoms with van der Waals surface area (Å²) in [4.78, 5) is 11.3. The maximum atomic E-state index is 11.3. The van der Waals surface area contributed by atoms with Gasteiger partial charge in [0.1, 0.15) is 0 Å². The van der Waals surface area contributed by atoms with Crippen LogP contribution in [0.1, 0.15) is 22.3 Å². The van der Waals surface area contributed by atoms with Gasteiger partial charge in [0.15, 0.2) is 0 Å². The molecule has 0 aliphatic carbocycles. The highest BCUT2D eigenvalue weighted by atomic mass is 16.5. The number of carbonyl (C=O) groups excluding carboxylic acids is 1. The minimum absolute atomic E-state index is 0.294. The molecule has 1 saturated heterocycles. The average molecular weight is 249 g/mol. The van der Waals surface area contributed by atoms with Crippen LogP contribution in [-0.4, -0.2) is 32.8 Å². The highest BCUT2D eigenvalue weighted by Gasteiger charge is 2.14. The lowest BCUT2D eigenvalue weighted by Crippen LogP contribution is -2.22. The fourth-order valence-corrected chi connectivity index (χ4v) is 2.04. The van der Waals surface area contributed by atoms with Gasteiger partial charge in [-0.1, -0.05) is 12.1 Å². The molecule has 1 heterocycles. The fraction of sp³-hybridized carbons (Fsp3) is 0.500. The number of carbonyl (C=O) groups is 1. The van der Waals surface area contributed by atoms with Crippen molar-refractivity contribution in [2.45, 2.75) is 13.0 Å². The van der Waals surface area contributed by atoms with E-state index in [9.17, 15) is 4.79 Å². The van der Waals surface area contributed by atoms with E-state index >= 15 is 0 Å². The summed E-state index contributed by atoms with van der Waals surface area (Å²) in [6.45, 7) is 3.56. The Morgan fingerprint density at radius 1 is 1.44 bits per heavy atom. The first kappa shape index (κ1) is 13.1. The van der Waals surface area contributed by atoms with Gasteiger partial charge in [-0.15, -0.1) is 0 Å². The van der Waals surface area contributed by atoms with Crippen molar-refractivity contribution in [3.05, 3.63) is 35.4 Å². The Kier molecular flexibility index (Phi) is 4.73. The summed E-state index contributed by atoms with van der Waals surface area (Å²) in [5.41, 5.74) is 1.76. The molecule has 2 rings (SSSR count). The Bertz CT molecular complexity index is 383. The number of esters is 1. The van der Waals surface area contributed by atoms with Gasteiger partial charge in [-0.2, -0.15) is 0 Å². The van der Waals surface area contributed by atoms with Crippen LogP contribution in [0, 0.1) is 5.92 Å². The summed E-state index contributed by atoms with van der Waals surface area (Å²) >= 11 is 0. The smallest absolute Gasteiger partial charge is 0.337 e. The predicted octanol–water partition coefficient (Wildman–Crippen LogP) is 1.60. The summed E-state index contributed by atoms with van der Waals surface area (Å²) in [5, 5.41) is 3.41. The van der Waals surface area contributed by atoms with Crippen molar-refractivity contribution in [2.75, 3.05) is 26.9 Å². The van der Waals surface area contributed by atoms with Crippen LogP contribution in [0.15, 0.2) is 24.3 Å². The van der Waals surface area contributed by atoms with Crippen molar-refractivity contribution in [3.8, 4) is 0 Å². The maximum Gasteiger partial charge on any atom is 0.337 e. The van der Waals surface area contributed by atoms with Crippen molar-refractivity contribution >= 4 is 5.97 Å². The SMILES string of the molecule is COC(=O)c1ccc(CNCC2CCOC2)cc1. The average Bonchev–Trinajstić information content (AvgIpc) is 2.92. The third kappa shape index (κ3) is 3.55. The van der Waals surface area contributed by atoms with Crippen LogP contribution in [0.4, 0.5) is 0 Å². The van der Waals surface area contributed by atoms with Crippen molar-refractivity contribution in [1.29, 1.82) is 0 Å². The zero-order valence-electron chi connectivity index (χ0n) is 10.6. The maximum absolute atomic E-state index is 11.3. The van der Waals surface area contributed by atoms with Crippen LogP contribution in [0.5, 0.6) is 0 Å². The van der Waals surface area contributed by atoms with Gasteiger partial charge in [0, 0.05) is 19.7 Å². The standard InChI is InChI=1S/C14H19NO3/c1-17-14(16)13-4-2-11(3-5-13)8-15-9-12-6-7-18-10-12/h2-5,12,15H,6-10H2,1H3. The second kappa shape index (κ2) is 6.52. The molecule has 0 amide bonds. The van der Waals surface area contributed by atoms with Gasteiger partial charge in [0.2, 0.25) is 0 Å². The lowest BCUT2D eigenvalue weighted by atomic mass is 10.1. The first-order valence-electron chi connectivity index (χ1n) is 6.25. The summed E-state index contributed by atoms with van der Waals surface area (Å²) in [6.07, 6.45) is 1.15. The monoisotopic (exact) mass is 249 g/mol. The van der Waals surface area contributed by atoms with Crippen LogP contribution >= 0.6 is 0 Å². The number of benzene rings is 1. The first-order valence-corrected chi connectivity index (χ1v) is 6.25. The fourth-order valence-electron chi connectivity index (χ4n) is 2.04. The molecule has 1 atom stereocenters. The van der Waals surface area contributed by atoms with Gasteiger partial charge >= 0.3 is 5.97 Å². The van der Waals surface area contributed by atoms with E-state index in [4.69, 9.17) is 4.74 Å². The molecule has 98 valence electrons. The Morgan fingerprint density at radius 3 is 2.83 bits per heavy atom. The molecule has 0 radical (unpaired) electrons. The summed E-state index contributed by atoms with van der Waals surface area (Å²) < 4.78 is 9.98. The number of rotatable bonds is 5. The van der Waals surface area contributed by atoms with E-state index in [1.807, 2.05) is 12.1 Å². The zero-order valence-corrected chi connectivity index (χ0v) is 10.6. The quantitative estimate of drug-likeness (QED) is 0.805. The third-order valence-electron chi connectivity index (χ3n) is 3.16. The van der Waals surface area contributed by atoms with Gasteiger partial charge in [0.25, 0.3) is 0 Å². The highest BCUT2D eigenvalue weighted by molar-refractivity contribution is 5.89. The van der Waals surface area contributed by atoms with Crippen molar-refractivity contribution < 1.29 is 14.3 Å². The number of ether oxygens (including phenoxy) is 2. The molecule has 1 aromatic rings. The zero-order chi connectivity index (χ0) is 12.8. The number of nitrogens with one attached hydrogen (secondary N) is 1. The van der Waals surface area contributed by atoms with E-state index in [0.717, 1.165) is 32.7 Å². The largest absolute Gasteiger partial charge is 0.465 e. The Hall–Kier alpha value is -1.39. The Labute approximate surface area is 107 Å². The minimum Gasteiger partial charge on any atom is -0.465 e. The molecule has 1 aliphatic heterocycles. The summed E-state index contributed by atoms with van der Waals surface area (Å²) in [6, 6.07) is 7.48. The summed E-state index contributed by atoms with van der Waals surface area (Å²) in [7, 11) is 1.39. The van der Waals surface area contributed by atoms with Crippen molar-refractivity contribution in [2.24, 2.45) is 5.92 Å². The number of hydrogen-bond acceptors (Lipinski definition) is 4. The third-order valence-corrected chi connectivity index (χ3v) is 3.16. The van der Waals surface area contributed by atoms with Gasteiger partial charge in [-0.3, -0.25) is 0 Å². The molecule has 0 spiro atoms. The molecule has 1 N–H and O–H groups in total. The van der Waals surface area contributed by atoms with Crippen LogP contribution < -0.4 is 5.32 Å². The topological polar surface area (TPSA) is 47.6 Å². The molecule has 0 saturated carbocycles. The van der Waals surface area contributed by atoms with Gasteiger partial charge in [-0.25, -0.2) is 4.79 Å². The lowest BCUT2D eigenvalue weighted by molar-refractivity contribution is 0.0600. The molecule has 4 nitrogen and oxygen atoms in total. The van der Waals surface area contributed by atoms with E-state index < -0.39 is 0 Å². The summed E-state index contributed by atoms with van der Waals surface area (Å²) in [5.74, 6) is 0.344.